The van der Waals surface area contributed by atoms with Crippen LogP contribution in [0.1, 0.15) is 5.56 Å². The van der Waals surface area contributed by atoms with Gasteiger partial charge in [-0.15, -0.1) is 0 Å². The van der Waals surface area contributed by atoms with Crippen molar-refractivity contribution in [2.24, 2.45) is 5.92 Å². The van der Waals surface area contributed by atoms with Crippen molar-refractivity contribution < 1.29 is 27.5 Å². The first kappa shape index (κ1) is 14.8. The molecule has 1 aromatic carbocycles. The van der Waals surface area contributed by atoms with Crippen LogP contribution >= 0.6 is 0 Å². The standard InChI is InChI=1S/C11H8F4N2O2/c12-7-1-2-9(6(3-7)4-16)17-5-8(10(18)19)11(13,14)15/h1-3,8,17H,5H2,(H,18,19). The predicted molar refractivity (Wildman–Crippen MR) is 56.8 cm³/mol. The second-order valence-electron chi connectivity index (χ2n) is 3.62. The summed E-state index contributed by atoms with van der Waals surface area (Å²) in [5.74, 6) is -5.35. The minimum absolute atomic E-state index is 0.0561. The molecule has 0 amide bonds. The Hall–Kier alpha value is -2.30. The highest BCUT2D eigenvalue weighted by molar-refractivity contribution is 5.72. The number of carboxylic acids is 1. The predicted octanol–water partition coefficient (Wildman–Crippen LogP) is 2.37. The van der Waals surface area contributed by atoms with Gasteiger partial charge < -0.3 is 10.4 Å². The van der Waals surface area contributed by atoms with Crippen molar-refractivity contribution in [3.63, 3.8) is 0 Å². The van der Waals surface area contributed by atoms with Crippen molar-refractivity contribution in [3.8, 4) is 6.07 Å². The lowest BCUT2D eigenvalue weighted by Gasteiger charge is -2.17. The molecule has 0 heterocycles. The van der Waals surface area contributed by atoms with Crippen LogP contribution in [0.15, 0.2) is 18.2 Å². The summed E-state index contributed by atoms with van der Waals surface area (Å²) in [6, 6.07) is 4.46. The summed E-state index contributed by atoms with van der Waals surface area (Å²) in [4.78, 5) is 10.5. The molecule has 1 rings (SSSR count). The molecule has 0 saturated heterocycles. The molecule has 0 aliphatic heterocycles. The molecule has 4 nitrogen and oxygen atoms in total. The molecule has 1 unspecified atom stereocenters. The smallest absolute Gasteiger partial charge is 0.403 e. The van der Waals surface area contributed by atoms with E-state index in [1.165, 1.54) is 0 Å². The Morgan fingerprint density at radius 1 is 1.47 bits per heavy atom. The third-order valence-corrected chi connectivity index (χ3v) is 2.29. The van der Waals surface area contributed by atoms with E-state index in [4.69, 9.17) is 10.4 Å². The van der Waals surface area contributed by atoms with E-state index in [9.17, 15) is 22.4 Å². The lowest BCUT2D eigenvalue weighted by atomic mass is 10.1. The van der Waals surface area contributed by atoms with Crippen LogP contribution in [0.25, 0.3) is 0 Å². The molecule has 19 heavy (non-hydrogen) atoms. The number of nitrogens with one attached hydrogen (secondary N) is 1. The monoisotopic (exact) mass is 276 g/mol. The van der Waals surface area contributed by atoms with E-state index in [0.717, 1.165) is 18.2 Å². The minimum Gasteiger partial charge on any atom is -0.481 e. The van der Waals surface area contributed by atoms with Crippen molar-refractivity contribution in [1.29, 1.82) is 5.26 Å². The topological polar surface area (TPSA) is 73.1 Å². The van der Waals surface area contributed by atoms with E-state index in [-0.39, 0.29) is 11.3 Å². The van der Waals surface area contributed by atoms with E-state index >= 15 is 0 Å². The Bertz CT molecular complexity index is 522. The number of hydrogen-bond acceptors (Lipinski definition) is 3. The molecule has 8 heteroatoms. The molecule has 1 aromatic rings. The van der Waals surface area contributed by atoms with Crippen molar-refractivity contribution in [1.82, 2.24) is 0 Å². The zero-order chi connectivity index (χ0) is 14.6. The summed E-state index contributed by atoms with van der Waals surface area (Å²) >= 11 is 0. The third kappa shape index (κ3) is 3.84. The quantitative estimate of drug-likeness (QED) is 0.828. The first-order valence-corrected chi connectivity index (χ1v) is 4.98. The van der Waals surface area contributed by atoms with Gasteiger partial charge in [0.05, 0.1) is 11.3 Å². The number of carbonyl (C=O) groups is 1. The summed E-state index contributed by atoms with van der Waals surface area (Å²) in [7, 11) is 0. The Morgan fingerprint density at radius 3 is 2.58 bits per heavy atom. The maximum atomic E-state index is 12.8. The summed E-state index contributed by atoms with van der Waals surface area (Å²) in [5, 5.41) is 19.3. The van der Waals surface area contributed by atoms with E-state index in [1.54, 1.807) is 6.07 Å². The average Bonchev–Trinajstić information content (AvgIpc) is 2.28. The second kappa shape index (κ2) is 5.56. The number of nitrogens with zero attached hydrogens (tertiary/aromatic N) is 1. The fourth-order valence-corrected chi connectivity index (χ4v) is 1.32. The van der Waals surface area contributed by atoms with E-state index in [2.05, 4.69) is 5.32 Å². The summed E-state index contributed by atoms with van der Waals surface area (Å²) in [5.41, 5.74) is -0.259. The summed E-state index contributed by atoms with van der Waals surface area (Å²) in [6.07, 6.45) is -4.91. The normalized spacial score (nSPS) is 12.6. The summed E-state index contributed by atoms with van der Waals surface area (Å²) in [6.45, 7) is -0.945. The Balaban J connectivity index is 2.87. The van der Waals surface area contributed by atoms with Gasteiger partial charge in [-0.25, -0.2) is 4.39 Å². The maximum Gasteiger partial charge on any atom is 0.403 e. The number of rotatable bonds is 4. The molecule has 0 aromatic heterocycles. The number of hydrogen-bond donors (Lipinski definition) is 2. The third-order valence-electron chi connectivity index (χ3n) is 2.29. The van der Waals surface area contributed by atoms with Crippen LogP contribution in [0, 0.1) is 23.1 Å². The van der Waals surface area contributed by atoms with Crippen LogP contribution in [0.4, 0.5) is 23.2 Å². The van der Waals surface area contributed by atoms with Crippen LogP contribution in [-0.2, 0) is 4.79 Å². The number of nitriles is 1. The number of carboxylic acid groups (broad SMARTS) is 1. The van der Waals surface area contributed by atoms with Crippen molar-refractivity contribution in [2.75, 3.05) is 11.9 Å². The number of halogens is 4. The molecular formula is C11H8F4N2O2. The van der Waals surface area contributed by atoms with Gasteiger partial charge in [-0.1, -0.05) is 0 Å². The second-order valence-corrected chi connectivity index (χ2v) is 3.62. The van der Waals surface area contributed by atoms with Gasteiger partial charge in [0.1, 0.15) is 11.9 Å². The minimum atomic E-state index is -4.91. The summed E-state index contributed by atoms with van der Waals surface area (Å²) < 4.78 is 49.9. The van der Waals surface area contributed by atoms with Crippen molar-refractivity contribution >= 4 is 11.7 Å². The zero-order valence-electron chi connectivity index (χ0n) is 9.33. The van der Waals surface area contributed by atoms with E-state index in [1.807, 2.05) is 0 Å². The molecule has 102 valence electrons. The molecular weight excluding hydrogens is 268 g/mol. The number of aliphatic carboxylic acids is 1. The van der Waals surface area contributed by atoms with Crippen LogP contribution in [0.2, 0.25) is 0 Å². The van der Waals surface area contributed by atoms with Gasteiger partial charge in [-0.05, 0) is 18.2 Å². The molecule has 1 atom stereocenters. The highest BCUT2D eigenvalue weighted by Gasteiger charge is 2.44. The molecule has 2 N–H and O–H groups in total. The molecule has 0 saturated carbocycles. The highest BCUT2D eigenvalue weighted by Crippen LogP contribution is 2.27. The molecule has 0 radical (unpaired) electrons. The first-order valence-electron chi connectivity index (χ1n) is 4.98. The van der Waals surface area contributed by atoms with Gasteiger partial charge in [-0.3, -0.25) is 4.79 Å². The fraction of sp³-hybridized carbons (Fsp3) is 0.273. The van der Waals surface area contributed by atoms with Crippen LogP contribution in [-0.4, -0.2) is 23.8 Å². The van der Waals surface area contributed by atoms with Crippen molar-refractivity contribution in [3.05, 3.63) is 29.6 Å². The fourth-order valence-electron chi connectivity index (χ4n) is 1.32. The Labute approximate surface area is 105 Å². The Morgan fingerprint density at radius 2 is 2.11 bits per heavy atom. The van der Waals surface area contributed by atoms with Crippen LogP contribution in [0.3, 0.4) is 0 Å². The van der Waals surface area contributed by atoms with Crippen LogP contribution < -0.4 is 5.32 Å². The zero-order valence-corrected chi connectivity index (χ0v) is 9.33. The molecule has 0 aliphatic rings. The van der Waals surface area contributed by atoms with E-state index in [0.29, 0.717) is 0 Å². The highest BCUT2D eigenvalue weighted by atomic mass is 19.4. The lowest BCUT2D eigenvalue weighted by molar-refractivity contribution is -0.190. The largest absolute Gasteiger partial charge is 0.481 e. The average molecular weight is 276 g/mol. The molecule has 0 spiro atoms. The SMILES string of the molecule is N#Cc1cc(F)ccc1NCC(C(=O)O)C(F)(F)F. The van der Waals surface area contributed by atoms with Gasteiger partial charge >= 0.3 is 12.1 Å². The van der Waals surface area contributed by atoms with Gasteiger partial charge in [-0.2, -0.15) is 18.4 Å². The number of anilines is 1. The molecule has 0 bridgehead atoms. The van der Waals surface area contributed by atoms with Gasteiger partial charge in [0.15, 0.2) is 5.92 Å². The van der Waals surface area contributed by atoms with Crippen molar-refractivity contribution in [2.45, 2.75) is 6.18 Å². The lowest BCUT2D eigenvalue weighted by Crippen LogP contribution is -2.36. The van der Waals surface area contributed by atoms with Gasteiger partial charge in [0.2, 0.25) is 0 Å². The number of benzene rings is 1. The van der Waals surface area contributed by atoms with Gasteiger partial charge in [0, 0.05) is 6.54 Å². The maximum absolute atomic E-state index is 12.8. The van der Waals surface area contributed by atoms with E-state index < -0.39 is 30.4 Å². The van der Waals surface area contributed by atoms with Crippen LogP contribution in [0.5, 0.6) is 0 Å². The number of alkyl halides is 3. The Kier molecular flexibility index (Phi) is 4.32. The molecule has 0 fully saturated rings. The first-order chi connectivity index (χ1) is 8.75. The molecule has 0 aliphatic carbocycles. The van der Waals surface area contributed by atoms with Gasteiger partial charge in [0.25, 0.3) is 0 Å².